The minimum Gasteiger partial charge on any atom is -0.506 e. The maximum absolute atomic E-state index is 9.79. The number of hydrogen-bond acceptors (Lipinski definition) is 4. The van der Waals surface area contributed by atoms with E-state index in [-0.39, 0.29) is 5.75 Å². The highest BCUT2D eigenvalue weighted by molar-refractivity contribution is 5.87. The topological polar surface area (TPSA) is 58.0 Å². The van der Waals surface area contributed by atoms with Gasteiger partial charge in [-0.3, -0.25) is 4.98 Å². The van der Waals surface area contributed by atoms with Crippen LogP contribution in [0.25, 0.3) is 10.9 Å². The fourth-order valence-corrected chi connectivity index (χ4v) is 2.02. The van der Waals surface area contributed by atoms with Crippen LogP contribution >= 0.6 is 0 Å². The molecule has 0 unspecified atom stereocenters. The molecular weight excluding hydrogens is 238 g/mol. The van der Waals surface area contributed by atoms with Crippen LogP contribution in [0.4, 0.5) is 5.82 Å². The molecule has 0 radical (unpaired) electrons. The van der Waals surface area contributed by atoms with Crippen molar-refractivity contribution < 1.29 is 5.11 Å². The van der Waals surface area contributed by atoms with E-state index in [0.717, 1.165) is 16.8 Å². The first-order chi connectivity index (χ1) is 9.34. The molecule has 2 N–H and O–H groups in total. The third-order valence-electron chi connectivity index (χ3n) is 2.96. The summed E-state index contributed by atoms with van der Waals surface area (Å²) in [5, 5.41) is 14.0. The summed E-state index contributed by atoms with van der Waals surface area (Å²) in [4.78, 5) is 8.42. The first-order valence-electron chi connectivity index (χ1n) is 6.05. The van der Waals surface area contributed by atoms with Gasteiger partial charge in [0.15, 0.2) is 0 Å². The Hall–Kier alpha value is -2.62. The molecule has 0 amide bonds. The molecule has 2 aromatic heterocycles. The van der Waals surface area contributed by atoms with Crippen molar-refractivity contribution in [1.29, 1.82) is 0 Å². The lowest BCUT2D eigenvalue weighted by Gasteiger charge is -2.09. The van der Waals surface area contributed by atoms with Crippen LogP contribution in [0.15, 0.2) is 54.9 Å². The summed E-state index contributed by atoms with van der Waals surface area (Å²) in [5.74, 6) is 1.03. The lowest BCUT2D eigenvalue weighted by Crippen LogP contribution is -2.01. The average Bonchev–Trinajstić information content (AvgIpc) is 2.48. The summed E-state index contributed by atoms with van der Waals surface area (Å²) in [6.45, 7) is 0.638. The van der Waals surface area contributed by atoms with Crippen LogP contribution in [-0.4, -0.2) is 15.1 Å². The van der Waals surface area contributed by atoms with E-state index in [9.17, 15) is 5.11 Å². The predicted molar refractivity (Wildman–Crippen MR) is 75.0 cm³/mol. The Morgan fingerprint density at radius 2 is 1.84 bits per heavy atom. The molecule has 4 nitrogen and oxygen atoms in total. The summed E-state index contributed by atoms with van der Waals surface area (Å²) in [6.07, 6.45) is 3.43. The molecule has 1 aromatic carbocycles. The molecule has 0 saturated carbocycles. The van der Waals surface area contributed by atoms with Crippen LogP contribution in [0.1, 0.15) is 5.56 Å². The van der Waals surface area contributed by atoms with Gasteiger partial charge in [0, 0.05) is 24.3 Å². The van der Waals surface area contributed by atoms with Crippen molar-refractivity contribution in [3.63, 3.8) is 0 Å². The van der Waals surface area contributed by atoms with Gasteiger partial charge in [0.2, 0.25) is 0 Å². The van der Waals surface area contributed by atoms with Gasteiger partial charge in [-0.05, 0) is 29.8 Å². The van der Waals surface area contributed by atoms with Crippen molar-refractivity contribution in [2.75, 3.05) is 5.32 Å². The van der Waals surface area contributed by atoms with E-state index in [1.807, 2.05) is 36.4 Å². The number of anilines is 1. The predicted octanol–water partition coefficient (Wildman–Crippen LogP) is 2.95. The Labute approximate surface area is 110 Å². The summed E-state index contributed by atoms with van der Waals surface area (Å²) >= 11 is 0. The largest absolute Gasteiger partial charge is 0.506 e. The second kappa shape index (κ2) is 4.94. The Balaban J connectivity index is 1.91. The maximum atomic E-state index is 9.79. The van der Waals surface area contributed by atoms with Gasteiger partial charge >= 0.3 is 0 Å². The van der Waals surface area contributed by atoms with Crippen LogP contribution in [0.5, 0.6) is 5.75 Å². The van der Waals surface area contributed by atoms with Gasteiger partial charge in [0.05, 0.1) is 0 Å². The number of nitrogens with zero attached hydrogens (tertiary/aromatic N) is 2. The van der Waals surface area contributed by atoms with Crippen LogP contribution in [0, 0.1) is 0 Å². The molecule has 0 fully saturated rings. The smallest absolute Gasteiger partial charge is 0.141 e. The molecular formula is C15H13N3O. The molecule has 0 saturated heterocycles. The van der Waals surface area contributed by atoms with E-state index in [1.54, 1.807) is 18.5 Å². The molecule has 0 spiro atoms. The number of nitrogens with one attached hydrogen (secondary N) is 1. The molecule has 3 aromatic rings. The molecule has 0 aliphatic rings. The maximum Gasteiger partial charge on any atom is 0.141 e. The van der Waals surface area contributed by atoms with Crippen LogP contribution in [0.2, 0.25) is 0 Å². The highest BCUT2D eigenvalue weighted by Crippen LogP contribution is 2.25. The monoisotopic (exact) mass is 251 g/mol. The first kappa shape index (κ1) is 11.5. The molecule has 19 heavy (non-hydrogen) atoms. The standard InChI is InChI=1S/C15H13N3O/c19-13-7-6-11(12-4-3-9-17-15(12)13)10-18-14-5-1-2-8-16-14/h1-9,19H,10H2,(H,16,18). The normalized spacial score (nSPS) is 10.5. The van der Waals surface area contributed by atoms with Gasteiger partial charge in [-0.15, -0.1) is 0 Å². The minimum absolute atomic E-state index is 0.206. The fraction of sp³-hybridized carbons (Fsp3) is 0.0667. The molecule has 2 heterocycles. The second-order valence-corrected chi connectivity index (χ2v) is 4.21. The second-order valence-electron chi connectivity index (χ2n) is 4.21. The number of phenolic OH excluding ortho intramolecular Hbond substituents is 1. The number of pyridine rings is 2. The van der Waals surface area contributed by atoms with Gasteiger partial charge in [-0.1, -0.05) is 18.2 Å². The first-order valence-corrected chi connectivity index (χ1v) is 6.05. The molecule has 0 bridgehead atoms. The van der Waals surface area contributed by atoms with Gasteiger partial charge in [-0.25, -0.2) is 4.98 Å². The van der Waals surface area contributed by atoms with Crippen molar-refractivity contribution in [3.8, 4) is 5.75 Å². The molecule has 0 aliphatic carbocycles. The van der Waals surface area contributed by atoms with E-state index in [2.05, 4.69) is 15.3 Å². The van der Waals surface area contributed by atoms with E-state index in [0.29, 0.717) is 12.1 Å². The number of phenols is 1. The molecule has 94 valence electrons. The SMILES string of the molecule is Oc1ccc(CNc2ccccn2)c2cccnc12. The zero-order valence-electron chi connectivity index (χ0n) is 10.2. The number of aromatic nitrogens is 2. The van der Waals surface area contributed by atoms with Crippen LogP contribution < -0.4 is 5.32 Å². The Kier molecular flexibility index (Phi) is 2.98. The minimum atomic E-state index is 0.206. The number of hydrogen-bond donors (Lipinski definition) is 2. The Bertz CT molecular complexity index is 698. The van der Waals surface area contributed by atoms with Crippen molar-refractivity contribution in [2.24, 2.45) is 0 Å². The van der Waals surface area contributed by atoms with Crippen molar-refractivity contribution >= 4 is 16.7 Å². The quantitative estimate of drug-likeness (QED) is 0.751. The zero-order chi connectivity index (χ0) is 13.1. The molecule has 0 atom stereocenters. The summed E-state index contributed by atoms with van der Waals surface area (Å²) in [6, 6.07) is 13.1. The van der Waals surface area contributed by atoms with Crippen molar-refractivity contribution in [1.82, 2.24) is 9.97 Å². The fourth-order valence-electron chi connectivity index (χ4n) is 2.02. The van der Waals surface area contributed by atoms with Crippen LogP contribution in [0.3, 0.4) is 0 Å². The lowest BCUT2D eigenvalue weighted by atomic mass is 10.1. The van der Waals surface area contributed by atoms with Crippen molar-refractivity contribution in [2.45, 2.75) is 6.54 Å². The number of benzene rings is 1. The van der Waals surface area contributed by atoms with Gasteiger partial charge in [0.25, 0.3) is 0 Å². The van der Waals surface area contributed by atoms with E-state index in [1.165, 1.54) is 0 Å². The number of aromatic hydroxyl groups is 1. The number of rotatable bonds is 3. The van der Waals surface area contributed by atoms with Gasteiger partial charge in [-0.2, -0.15) is 0 Å². The van der Waals surface area contributed by atoms with Gasteiger partial charge < -0.3 is 10.4 Å². The number of fused-ring (bicyclic) bond motifs is 1. The Morgan fingerprint density at radius 3 is 2.68 bits per heavy atom. The lowest BCUT2D eigenvalue weighted by molar-refractivity contribution is 0.480. The molecule has 3 rings (SSSR count). The highest BCUT2D eigenvalue weighted by Gasteiger charge is 2.05. The Morgan fingerprint density at radius 1 is 0.947 bits per heavy atom. The van der Waals surface area contributed by atoms with E-state index < -0.39 is 0 Å². The van der Waals surface area contributed by atoms with E-state index in [4.69, 9.17) is 0 Å². The molecule has 0 aliphatic heterocycles. The third-order valence-corrected chi connectivity index (χ3v) is 2.96. The summed E-state index contributed by atoms with van der Waals surface area (Å²) in [5.41, 5.74) is 1.70. The van der Waals surface area contributed by atoms with Crippen molar-refractivity contribution in [3.05, 3.63) is 60.4 Å². The molecule has 4 heteroatoms. The summed E-state index contributed by atoms with van der Waals surface area (Å²) in [7, 11) is 0. The van der Waals surface area contributed by atoms with E-state index >= 15 is 0 Å². The third kappa shape index (κ3) is 2.33. The average molecular weight is 251 g/mol. The van der Waals surface area contributed by atoms with Crippen LogP contribution in [-0.2, 0) is 6.54 Å². The summed E-state index contributed by atoms with van der Waals surface area (Å²) < 4.78 is 0. The zero-order valence-corrected chi connectivity index (χ0v) is 10.2. The van der Waals surface area contributed by atoms with Gasteiger partial charge in [0.1, 0.15) is 17.1 Å². The highest BCUT2D eigenvalue weighted by atomic mass is 16.3.